The summed E-state index contributed by atoms with van der Waals surface area (Å²) >= 11 is 0. The van der Waals surface area contributed by atoms with Crippen LogP contribution in [0.25, 0.3) is 0 Å². The summed E-state index contributed by atoms with van der Waals surface area (Å²) in [5.41, 5.74) is 0. The summed E-state index contributed by atoms with van der Waals surface area (Å²) in [7, 11) is 1.69. The van der Waals surface area contributed by atoms with Crippen molar-refractivity contribution in [3.05, 3.63) is 0 Å². The number of amides is 1. The summed E-state index contributed by atoms with van der Waals surface area (Å²) in [6.45, 7) is 9.58. The van der Waals surface area contributed by atoms with Crippen LogP contribution in [0.15, 0.2) is 0 Å². The topological polar surface area (TPSA) is 41.6 Å². The molecule has 0 aromatic heterocycles. The van der Waals surface area contributed by atoms with Crippen molar-refractivity contribution < 1.29 is 9.53 Å². The number of rotatable bonds is 6. The lowest BCUT2D eigenvalue weighted by Gasteiger charge is -2.33. The highest BCUT2D eigenvalue weighted by atomic mass is 16.5. The molecule has 1 saturated heterocycles. The van der Waals surface area contributed by atoms with Gasteiger partial charge in [0.25, 0.3) is 0 Å². The Balaban J connectivity index is 2.56. The fraction of sp³-hybridized carbons (Fsp3) is 0.929. The molecular formula is C14H28N2O2. The van der Waals surface area contributed by atoms with E-state index >= 15 is 0 Å². The third-order valence-corrected chi connectivity index (χ3v) is 3.44. The van der Waals surface area contributed by atoms with Gasteiger partial charge in [-0.1, -0.05) is 13.8 Å². The predicted molar refractivity (Wildman–Crippen MR) is 73.5 cm³/mol. The van der Waals surface area contributed by atoms with Gasteiger partial charge in [0.15, 0.2) is 0 Å². The summed E-state index contributed by atoms with van der Waals surface area (Å²) < 4.78 is 5.11. The van der Waals surface area contributed by atoms with Gasteiger partial charge in [0.05, 0.1) is 6.61 Å². The Morgan fingerprint density at radius 3 is 2.78 bits per heavy atom. The lowest BCUT2D eigenvalue weighted by molar-refractivity contribution is -0.137. The molecule has 1 N–H and O–H groups in total. The molecule has 4 nitrogen and oxygen atoms in total. The van der Waals surface area contributed by atoms with Gasteiger partial charge >= 0.3 is 0 Å². The van der Waals surface area contributed by atoms with E-state index in [1.54, 1.807) is 7.11 Å². The molecule has 4 heteroatoms. The summed E-state index contributed by atoms with van der Waals surface area (Å²) in [5, 5.41) is 3.39. The van der Waals surface area contributed by atoms with Crippen LogP contribution in [0.4, 0.5) is 0 Å². The first kappa shape index (κ1) is 15.4. The van der Waals surface area contributed by atoms with E-state index in [0.717, 1.165) is 25.9 Å². The molecule has 0 aromatic rings. The highest BCUT2D eigenvalue weighted by molar-refractivity contribution is 5.79. The number of hydrogen-bond donors (Lipinski definition) is 1. The number of methoxy groups -OCH3 is 1. The first-order valence-electron chi connectivity index (χ1n) is 7.05. The summed E-state index contributed by atoms with van der Waals surface area (Å²) in [5.74, 6) is 1.01. The summed E-state index contributed by atoms with van der Waals surface area (Å²) in [6.07, 6.45) is 1.92. The Morgan fingerprint density at radius 1 is 1.50 bits per heavy atom. The van der Waals surface area contributed by atoms with E-state index in [0.29, 0.717) is 31.0 Å². The summed E-state index contributed by atoms with van der Waals surface area (Å²) in [6, 6.07) is 0.455. The van der Waals surface area contributed by atoms with Crippen molar-refractivity contribution in [1.29, 1.82) is 0 Å². The average molecular weight is 256 g/mol. The minimum Gasteiger partial charge on any atom is -0.383 e. The van der Waals surface area contributed by atoms with Crippen molar-refractivity contribution in [3.8, 4) is 0 Å². The molecule has 2 atom stereocenters. The number of ether oxygens (including phenoxy) is 1. The van der Waals surface area contributed by atoms with Crippen LogP contribution in [0.2, 0.25) is 0 Å². The lowest BCUT2D eigenvalue weighted by atomic mass is 9.91. The standard InChI is InChI=1S/C14H28N2O2/c1-11(2)10-16(7-8-18-4)14(17)13-5-6-15-12(3)9-13/h11-13,15H,5-10H2,1-4H3/t12-,13-/m0/s1. The minimum atomic E-state index is 0.192. The molecule has 106 valence electrons. The maximum atomic E-state index is 12.5. The van der Waals surface area contributed by atoms with Crippen LogP contribution in [-0.2, 0) is 9.53 Å². The molecule has 0 aliphatic carbocycles. The van der Waals surface area contributed by atoms with E-state index in [9.17, 15) is 4.79 Å². The molecule has 0 bridgehead atoms. The first-order valence-corrected chi connectivity index (χ1v) is 7.05. The van der Waals surface area contributed by atoms with E-state index < -0.39 is 0 Å². The molecule has 0 saturated carbocycles. The molecular weight excluding hydrogens is 228 g/mol. The van der Waals surface area contributed by atoms with Gasteiger partial charge in [-0.3, -0.25) is 4.79 Å². The van der Waals surface area contributed by atoms with E-state index in [4.69, 9.17) is 4.74 Å². The number of nitrogens with one attached hydrogen (secondary N) is 1. The Bertz CT molecular complexity index is 256. The van der Waals surface area contributed by atoms with Crippen LogP contribution in [0.1, 0.15) is 33.6 Å². The second kappa shape index (κ2) is 7.74. The van der Waals surface area contributed by atoms with Gasteiger partial charge in [-0.25, -0.2) is 0 Å². The molecule has 0 aromatic carbocycles. The molecule has 1 amide bonds. The predicted octanol–water partition coefficient (Wildman–Crippen LogP) is 1.51. The van der Waals surface area contributed by atoms with E-state index in [-0.39, 0.29) is 5.92 Å². The van der Waals surface area contributed by atoms with Gasteiger partial charge in [0.2, 0.25) is 5.91 Å². The zero-order valence-corrected chi connectivity index (χ0v) is 12.2. The van der Waals surface area contributed by atoms with Gasteiger partial charge in [-0.15, -0.1) is 0 Å². The Kier molecular flexibility index (Phi) is 6.65. The quantitative estimate of drug-likeness (QED) is 0.783. The van der Waals surface area contributed by atoms with Crippen LogP contribution in [-0.4, -0.2) is 50.2 Å². The summed E-state index contributed by atoms with van der Waals surface area (Å²) in [4.78, 5) is 14.5. The maximum Gasteiger partial charge on any atom is 0.225 e. The van der Waals surface area contributed by atoms with Crippen LogP contribution < -0.4 is 5.32 Å². The van der Waals surface area contributed by atoms with E-state index in [2.05, 4.69) is 26.1 Å². The van der Waals surface area contributed by atoms with E-state index in [1.165, 1.54) is 0 Å². The van der Waals surface area contributed by atoms with Crippen LogP contribution >= 0.6 is 0 Å². The largest absolute Gasteiger partial charge is 0.383 e. The molecule has 0 unspecified atom stereocenters. The monoisotopic (exact) mass is 256 g/mol. The number of carbonyl (C=O) groups is 1. The fourth-order valence-electron chi connectivity index (χ4n) is 2.55. The van der Waals surface area contributed by atoms with Crippen LogP contribution in [0.5, 0.6) is 0 Å². The third-order valence-electron chi connectivity index (χ3n) is 3.44. The number of hydrogen-bond acceptors (Lipinski definition) is 3. The maximum absolute atomic E-state index is 12.5. The van der Waals surface area contributed by atoms with Crippen molar-refractivity contribution in [2.24, 2.45) is 11.8 Å². The third kappa shape index (κ3) is 4.94. The van der Waals surface area contributed by atoms with E-state index in [1.807, 2.05) is 4.90 Å². The van der Waals surface area contributed by atoms with Crippen LogP contribution in [0.3, 0.4) is 0 Å². The second-order valence-electron chi connectivity index (χ2n) is 5.75. The van der Waals surface area contributed by atoms with Gasteiger partial charge in [0.1, 0.15) is 0 Å². The van der Waals surface area contributed by atoms with Crippen molar-refractivity contribution >= 4 is 5.91 Å². The van der Waals surface area contributed by atoms with Gasteiger partial charge in [-0.05, 0) is 32.2 Å². The molecule has 1 aliphatic rings. The molecule has 18 heavy (non-hydrogen) atoms. The molecule has 1 fully saturated rings. The highest BCUT2D eigenvalue weighted by Gasteiger charge is 2.28. The van der Waals surface area contributed by atoms with Gasteiger partial charge in [0, 0.05) is 32.2 Å². The smallest absolute Gasteiger partial charge is 0.225 e. The lowest BCUT2D eigenvalue weighted by Crippen LogP contribution is -2.46. The Hall–Kier alpha value is -0.610. The van der Waals surface area contributed by atoms with Gasteiger partial charge in [-0.2, -0.15) is 0 Å². The SMILES string of the molecule is COCCN(CC(C)C)C(=O)[C@H]1CCN[C@@H](C)C1. The number of piperidine rings is 1. The highest BCUT2D eigenvalue weighted by Crippen LogP contribution is 2.19. The van der Waals surface area contributed by atoms with Crippen molar-refractivity contribution in [1.82, 2.24) is 10.2 Å². The molecule has 1 heterocycles. The second-order valence-corrected chi connectivity index (χ2v) is 5.75. The zero-order valence-electron chi connectivity index (χ0n) is 12.2. The van der Waals surface area contributed by atoms with Gasteiger partial charge < -0.3 is 15.0 Å². The first-order chi connectivity index (χ1) is 8.54. The van der Waals surface area contributed by atoms with Crippen molar-refractivity contribution in [2.45, 2.75) is 39.7 Å². The molecule has 0 radical (unpaired) electrons. The van der Waals surface area contributed by atoms with Crippen molar-refractivity contribution in [2.75, 3.05) is 33.4 Å². The number of nitrogens with zero attached hydrogens (tertiary/aromatic N) is 1. The Labute approximate surface area is 111 Å². The Morgan fingerprint density at radius 2 is 2.22 bits per heavy atom. The molecule has 1 rings (SSSR count). The van der Waals surface area contributed by atoms with Crippen LogP contribution in [0, 0.1) is 11.8 Å². The molecule has 1 aliphatic heterocycles. The van der Waals surface area contributed by atoms with Crippen molar-refractivity contribution in [3.63, 3.8) is 0 Å². The molecule has 0 spiro atoms. The fourth-order valence-corrected chi connectivity index (χ4v) is 2.55. The number of carbonyl (C=O) groups excluding carboxylic acids is 1. The minimum absolute atomic E-state index is 0.192. The average Bonchev–Trinajstić information content (AvgIpc) is 2.33. The normalized spacial score (nSPS) is 24.3. The zero-order chi connectivity index (χ0) is 13.5.